The molecular weight excluding hydrogens is 446 g/mol. The van der Waals surface area contributed by atoms with Crippen LogP contribution in [0, 0.1) is 0 Å². The van der Waals surface area contributed by atoms with E-state index < -0.39 is 18.5 Å². The van der Waals surface area contributed by atoms with Gasteiger partial charge in [0, 0.05) is 6.54 Å². The van der Waals surface area contributed by atoms with Crippen molar-refractivity contribution in [3.8, 4) is 0 Å². The lowest BCUT2D eigenvalue weighted by Gasteiger charge is -2.08. The molecule has 0 heterocycles. The molecule has 0 aromatic heterocycles. The number of carboxylic acid groups (broad SMARTS) is 1. The molecule has 0 aliphatic heterocycles. The molecule has 1 amide bonds. The highest BCUT2D eigenvalue weighted by molar-refractivity contribution is 5.77. The van der Waals surface area contributed by atoms with Gasteiger partial charge >= 0.3 is 11.9 Å². The average Bonchev–Trinajstić information content (AvgIpc) is 2.79. The van der Waals surface area contributed by atoms with Crippen LogP contribution in [0.15, 0.2) is 0 Å². The number of amides is 1. The van der Waals surface area contributed by atoms with E-state index >= 15 is 0 Å². The second-order valence-electron chi connectivity index (χ2n) is 6.24. The van der Waals surface area contributed by atoms with Crippen LogP contribution in [-0.2, 0) is 52.3 Å². The highest BCUT2D eigenvalue weighted by atomic mass is 16.6. The van der Waals surface area contributed by atoms with Crippen molar-refractivity contribution in [3.63, 3.8) is 0 Å². The Bertz CT molecular complexity index is 492. The number of hydrogen-bond acceptors (Lipinski definition) is 11. The van der Waals surface area contributed by atoms with Crippen LogP contribution < -0.4 is 5.32 Å². The summed E-state index contributed by atoms with van der Waals surface area (Å²) in [6.07, 6.45) is 0.232. The summed E-state index contributed by atoms with van der Waals surface area (Å²) in [5, 5.41) is 10.9. The number of rotatable bonds is 25. The first-order chi connectivity index (χ1) is 16.1. The first-order valence-electron chi connectivity index (χ1n) is 10.7. The van der Waals surface area contributed by atoms with E-state index in [-0.39, 0.29) is 19.0 Å². The Morgan fingerprint density at radius 2 is 1.03 bits per heavy atom. The van der Waals surface area contributed by atoms with Crippen LogP contribution in [-0.4, -0.2) is 129 Å². The van der Waals surface area contributed by atoms with E-state index in [1.165, 1.54) is 7.11 Å². The van der Waals surface area contributed by atoms with E-state index in [1.807, 2.05) is 0 Å². The van der Waals surface area contributed by atoms with E-state index in [0.717, 1.165) is 0 Å². The summed E-state index contributed by atoms with van der Waals surface area (Å²) in [5.74, 6) is -1.82. The van der Waals surface area contributed by atoms with Crippen LogP contribution in [0.2, 0.25) is 0 Å². The Balaban J connectivity index is 3.12. The summed E-state index contributed by atoms with van der Waals surface area (Å²) < 4.78 is 41.0. The van der Waals surface area contributed by atoms with Gasteiger partial charge in [0.2, 0.25) is 5.91 Å². The average molecular weight is 484 g/mol. The number of aliphatic carboxylic acids is 1. The first-order valence-corrected chi connectivity index (χ1v) is 10.7. The lowest BCUT2D eigenvalue weighted by Crippen LogP contribution is -2.31. The topological polar surface area (TPSA) is 157 Å². The lowest BCUT2D eigenvalue weighted by atomic mass is 10.5. The van der Waals surface area contributed by atoms with Crippen LogP contribution >= 0.6 is 0 Å². The predicted molar refractivity (Wildman–Crippen MR) is 113 cm³/mol. The van der Waals surface area contributed by atoms with Gasteiger partial charge in [0.05, 0.1) is 92.8 Å². The summed E-state index contributed by atoms with van der Waals surface area (Å²) in [5.41, 5.74) is 0. The van der Waals surface area contributed by atoms with E-state index in [4.69, 9.17) is 33.5 Å². The Labute approximate surface area is 193 Å². The predicted octanol–water partition coefficient (Wildman–Crippen LogP) is -1.13. The fraction of sp³-hybridized carbons (Fsp3) is 0.850. The molecule has 0 rings (SSSR count). The zero-order chi connectivity index (χ0) is 24.4. The minimum Gasteiger partial charge on any atom is -0.480 e. The molecule has 194 valence electrons. The molecule has 13 nitrogen and oxygen atoms in total. The summed E-state index contributed by atoms with van der Waals surface area (Å²) >= 11 is 0. The molecule has 0 aliphatic carbocycles. The van der Waals surface area contributed by atoms with Gasteiger partial charge in [-0.2, -0.15) is 0 Å². The molecule has 13 heteroatoms. The summed E-state index contributed by atoms with van der Waals surface area (Å²) in [6, 6.07) is 0. The Hall–Kier alpha value is -1.87. The quantitative estimate of drug-likeness (QED) is 0.119. The molecule has 0 fully saturated rings. The van der Waals surface area contributed by atoms with Crippen LogP contribution in [0.25, 0.3) is 0 Å². The van der Waals surface area contributed by atoms with E-state index in [2.05, 4.69) is 14.8 Å². The van der Waals surface area contributed by atoms with Gasteiger partial charge in [0.25, 0.3) is 0 Å². The molecule has 0 aromatic rings. The number of carbonyl (C=O) groups is 3. The summed E-state index contributed by atoms with van der Waals surface area (Å²) in [4.78, 5) is 32.4. The van der Waals surface area contributed by atoms with Gasteiger partial charge in [-0.25, -0.2) is 4.79 Å². The van der Waals surface area contributed by atoms with Gasteiger partial charge in [0.1, 0.15) is 13.2 Å². The molecule has 0 spiro atoms. The van der Waals surface area contributed by atoms with Gasteiger partial charge in [-0.3, -0.25) is 9.59 Å². The molecule has 0 radical (unpaired) electrons. The van der Waals surface area contributed by atoms with Crippen LogP contribution in [0.1, 0.15) is 6.42 Å². The molecule has 0 saturated heterocycles. The van der Waals surface area contributed by atoms with Crippen molar-refractivity contribution >= 4 is 17.8 Å². The van der Waals surface area contributed by atoms with Gasteiger partial charge < -0.3 is 48.3 Å². The highest BCUT2D eigenvalue weighted by Crippen LogP contribution is 1.88. The molecule has 2 N–H and O–H groups in total. The number of hydrogen-bond donors (Lipinski definition) is 2. The van der Waals surface area contributed by atoms with Crippen LogP contribution in [0.4, 0.5) is 0 Å². The molecule has 33 heavy (non-hydrogen) atoms. The second kappa shape index (κ2) is 24.8. The number of nitrogens with one attached hydrogen (secondary N) is 1. The second-order valence-corrected chi connectivity index (χ2v) is 6.24. The van der Waals surface area contributed by atoms with Crippen molar-refractivity contribution in [2.45, 2.75) is 6.42 Å². The van der Waals surface area contributed by atoms with Gasteiger partial charge in [0.15, 0.2) is 0 Å². The monoisotopic (exact) mass is 483 g/mol. The number of ether oxygens (including phenoxy) is 8. The van der Waals surface area contributed by atoms with Gasteiger partial charge in [-0.05, 0) is 0 Å². The first kappa shape index (κ1) is 31.1. The standard InChI is InChI=1S/C20H37NO12/c1-26-20(25)2-4-27-6-8-29-10-12-31-14-15-32-13-11-30-9-7-28-5-3-21-18(22)16-33-17-19(23)24/h2-17H2,1H3,(H,21,22)(H,23,24). The lowest BCUT2D eigenvalue weighted by molar-refractivity contribution is -0.144. The van der Waals surface area contributed by atoms with E-state index in [9.17, 15) is 14.4 Å². The maximum absolute atomic E-state index is 11.3. The van der Waals surface area contributed by atoms with Gasteiger partial charge in [-0.1, -0.05) is 0 Å². The molecule has 0 atom stereocenters. The third kappa shape index (κ3) is 26.3. The van der Waals surface area contributed by atoms with Gasteiger partial charge in [-0.15, -0.1) is 0 Å². The SMILES string of the molecule is COC(=O)CCOCCOCCOCCOCCOCCOCCNC(=O)COCC(=O)O. The van der Waals surface area contributed by atoms with Crippen molar-refractivity contribution in [1.29, 1.82) is 0 Å². The molecule has 0 bridgehead atoms. The largest absolute Gasteiger partial charge is 0.480 e. The molecule has 0 aliphatic rings. The Morgan fingerprint density at radius 1 is 0.606 bits per heavy atom. The Kier molecular flexibility index (Phi) is 23.4. The minimum absolute atomic E-state index is 0.232. The van der Waals surface area contributed by atoms with E-state index in [1.54, 1.807) is 0 Å². The third-order valence-corrected chi connectivity index (χ3v) is 3.57. The van der Waals surface area contributed by atoms with Crippen molar-refractivity contribution in [2.75, 3.05) is 106 Å². The summed E-state index contributed by atoms with van der Waals surface area (Å²) in [7, 11) is 1.34. The smallest absolute Gasteiger partial charge is 0.329 e. The highest BCUT2D eigenvalue weighted by Gasteiger charge is 2.03. The number of carboxylic acids is 1. The van der Waals surface area contributed by atoms with Crippen LogP contribution in [0.5, 0.6) is 0 Å². The molecule has 0 saturated carbocycles. The number of methoxy groups -OCH3 is 1. The maximum Gasteiger partial charge on any atom is 0.329 e. The van der Waals surface area contributed by atoms with E-state index in [0.29, 0.717) is 85.8 Å². The molecule has 0 aromatic carbocycles. The molecular formula is C20H37NO12. The number of esters is 1. The van der Waals surface area contributed by atoms with Crippen LogP contribution in [0.3, 0.4) is 0 Å². The zero-order valence-corrected chi connectivity index (χ0v) is 19.3. The number of carbonyl (C=O) groups excluding carboxylic acids is 2. The third-order valence-electron chi connectivity index (χ3n) is 3.57. The van der Waals surface area contributed by atoms with Crippen molar-refractivity contribution in [3.05, 3.63) is 0 Å². The van der Waals surface area contributed by atoms with Crippen molar-refractivity contribution in [1.82, 2.24) is 5.32 Å². The van der Waals surface area contributed by atoms with Crippen molar-refractivity contribution in [2.24, 2.45) is 0 Å². The Morgan fingerprint density at radius 3 is 1.45 bits per heavy atom. The maximum atomic E-state index is 11.3. The molecule has 0 unspecified atom stereocenters. The van der Waals surface area contributed by atoms with Crippen molar-refractivity contribution < 1.29 is 57.4 Å². The normalized spacial score (nSPS) is 10.8. The fourth-order valence-electron chi connectivity index (χ4n) is 2.00. The fourth-order valence-corrected chi connectivity index (χ4v) is 2.00. The summed E-state index contributed by atoms with van der Waals surface area (Å²) in [6.45, 7) is 4.42. The minimum atomic E-state index is -1.12. The zero-order valence-electron chi connectivity index (χ0n) is 19.3.